The lowest BCUT2D eigenvalue weighted by molar-refractivity contribution is -0.128. The molecular weight excluding hydrogens is 256 g/mol. The summed E-state index contributed by atoms with van der Waals surface area (Å²) in [4.78, 5) is 23.6. The Hall–Kier alpha value is -1.30. The molecule has 6 heteroatoms. The van der Waals surface area contributed by atoms with Gasteiger partial charge in [0.05, 0.1) is 5.41 Å². The molecule has 4 N–H and O–H groups in total. The third kappa shape index (κ3) is 3.62. The third-order valence-corrected chi connectivity index (χ3v) is 4.60. The number of rotatable bonds is 0. The van der Waals surface area contributed by atoms with E-state index in [-0.39, 0.29) is 11.4 Å². The van der Waals surface area contributed by atoms with E-state index >= 15 is 0 Å². The van der Waals surface area contributed by atoms with Gasteiger partial charge in [-0.25, -0.2) is 4.79 Å². The zero-order valence-corrected chi connectivity index (χ0v) is 12.1. The van der Waals surface area contributed by atoms with Crippen LogP contribution in [0.2, 0.25) is 0 Å². The maximum atomic E-state index is 11.4. The van der Waals surface area contributed by atoms with Crippen LogP contribution >= 0.6 is 0 Å². The van der Waals surface area contributed by atoms with Crippen molar-refractivity contribution in [2.24, 2.45) is 11.1 Å². The third-order valence-electron chi connectivity index (χ3n) is 4.60. The highest BCUT2D eigenvalue weighted by molar-refractivity contribution is 5.84. The first-order valence-corrected chi connectivity index (χ1v) is 7.67. The molecular formula is C14H26N4O2. The molecule has 1 spiro atoms. The van der Waals surface area contributed by atoms with Crippen LogP contribution in [0.25, 0.3) is 0 Å². The number of amides is 3. The van der Waals surface area contributed by atoms with E-state index in [0.29, 0.717) is 5.91 Å². The normalized spacial score (nSPS) is 24.8. The molecule has 0 aliphatic carbocycles. The largest absolute Gasteiger partial charge is 0.356 e. The zero-order chi connectivity index (χ0) is 14.4. The van der Waals surface area contributed by atoms with Crippen LogP contribution in [0.1, 0.15) is 38.5 Å². The van der Waals surface area contributed by atoms with Gasteiger partial charge in [-0.3, -0.25) is 4.79 Å². The van der Waals surface area contributed by atoms with E-state index in [4.69, 9.17) is 5.73 Å². The Bertz CT molecular complexity index is 347. The van der Waals surface area contributed by atoms with Crippen molar-refractivity contribution in [2.75, 3.05) is 32.7 Å². The summed E-state index contributed by atoms with van der Waals surface area (Å²) in [6.07, 6.45) is 6.57. The summed E-state index contributed by atoms with van der Waals surface area (Å²) in [5, 5.41) is 6.19. The Balaban J connectivity index is 0.000000151. The number of piperidine rings is 2. The smallest absolute Gasteiger partial charge is 0.314 e. The molecule has 3 aliphatic heterocycles. The number of nitrogens with one attached hydrogen (secondary N) is 2. The van der Waals surface area contributed by atoms with Gasteiger partial charge in [-0.2, -0.15) is 0 Å². The SMILES string of the molecule is NC(=O)N1CCCCC1.O=C1NCCC12CCNCC2. The van der Waals surface area contributed by atoms with Gasteiger partial charge in [-0.15, -0.1) is 0 Å². The Kier molecular flexibility index (Phi) is 5.23. The van der Waals surface area contributed by atoms with Crippen LogP contribution in [0.4, 0.5) is 4.79 Å². The van der Waals surface area contributed by atoms with Gasteiger partial charge < -0.3 is 21.3 Å². The Morgan fingerprint density at radius 2 is 1.65 bits per heavy atom. The molecule has 3 amide bonds. The Morgan fingerprint density at radius 1 is 1.05 bits per heavy atom. The number of likely N-dealkylation sites (tertiary alicyclic amines) is 1. The topological polar surface area (TPSA) is 87.5 Å². The van der Waals surface area contributed by atoms with Crippen LogP contribution in [-0.4, -0.2) is 49.6 Å². The molecule has 0 atom stereocenters. The summed E-state index contributed by atoms with van der Waals surface area (Å²) in [6, 6.07) is -0.269. The van der Waals surface area contributed by atoms with Crippen molar-refractivity contribution in [3.05, 3.63) is 0 Å². The van der Waals surface area contributed by atoms with Gasteiger partial charge in [-0.1, -0.05) is 0 Å². The number of hydrogen-bond acceptors (Lipinski definition) is 3. The lowest BCUT2D eigenvalue weighted by Gasteiger charge is -2.30. The molecule has 0 aromatic rings. The lowest BCUT2D eigenvalue weighted by atomic mass is 9.78. The molecule has 0 unspecified atom stereocenters. The summed E-state index contributed by atoms with van der Waals surface area (Å²) >= 11 is 0. The molecule has 114 valence electrons. The maximum Gasteiger partial charge on any atom is 0.314 e. The molecule has 20 heavy (non-hydrogen) atoms. The predicted octanol–water partition coefficient (Wildman–Crippen LogP) is 0.427. The maximum absolute atomic E-state index is 11.4. The van der Waals surface area contributed by atoms with Crippen LogP contribution in [0.3, 0.4) is 0 Å². The van der Waals surface area contributed by atoms with Gasteiger partial charge in [0.2, 0.25) is 5.91 Å². The number of carbonyl (C=O) groups excluding carboxylic acids is 2. The highest BCUT2D eigenvalue weighted by atomic mass is 16.2. The Labute approximate surface area is 120 Å². The summed E-state index contributed by atoms with van der Waals surface area (Å²) in [6.45, 7) is 4.62. The highest BCUT2D eigenvalue weighted by Crippen LogP contribution is 2.35. The summed E-state index contributed by atoms with van der Waals surface area (Å²) in [7, 11) is 0. The fourth-order valence-electron chi connectivity index (χ4n) is 3.21. The van der Waals surface area contributed by atoms with Crippen LogP contribution < -0.4 is 16.4 Å². The molecule has 3 saturated heterocycles. The van der Waals surface area contributed by atoms with E-state index in [2.05, 4.69) is 10.6 Å². The summed E-state index contributed by atoms with van der Waals surface area (Å²) in [5.41, 5.74) is 5.07. The second-order valence-electron chi connectivity index (χ2n) is 5.92. The fraction of sp³-hybridized carbons (Fsp3) is 0.857. The van der Waals surface area contributed by atoms with E-state index in [1.807, 2.05) is 0 Å². The molecule has 0 saturated carbocycles. The summed E-state index contributed by atoms with van der Waals surface area (Å²) < 4.78 is 0. The molecule has 3 fully saturated rings. The fourth-order valence-corrected chi connectivity index (χ4v) is 3.21. The minimum Gasteiger partial charge on any atom is -0.356 e. The van der Waals surface area contributed by atoms with Crippen molar-refractivity contribution in [1.82, 2.24) is 15.5 Å². The van der Waals surface area contributed by atoms with Crippen molar-refractivity contribution < 1.29 is 9.59 Å². The van der Waals surface area contributed by atoms with Crippen molar-refractivity contribution in [3.63, 3.8) is 0 Å². The second-order valence-corrected chi connectivity index (χ2v) is 5.92. The number of nitrogens with two attached hydrogens (primary N) is 1. The number of primary amides is 1. The molecule has 0 bridgehead atoms. The number of carbonyl (C=O) groups is 2. The average molecular weight is 282 g/mol. The van der Waals surface area contributed by atoms with Crippen molar-refractivity contribution in [2.45, 2.75) is 38.5 Å². The first-order valence-electron chi connectivity index (χ1n) is 7.67. The standard InChI is InChI=1S/C8H14N2O.C6H12N2O/c11-7-8(3-6-10-7)1-4-9-5-2-8;7-6(9)8-4-2-1-3-5-8/h9H,1-6H2,(H,10,11);1-5H2,(H2,7,9). The monoisotopic (exact) mass is 282 g/mol. The second kappa shape index (κ2) is 6.92. The van der Waals surface area contributed by atoms with Crippen LogP contribution in [0.5, 0.6) is 0 Å². The van der Waals surface area contributed by atoms with Crippen molar-refractivity contribution >= 4 is 11.9 Å². The highest BCUT2D eigenvalue weighted by Gasteiger charge is 2.42. The number of urea groups is 1. The Morgan fingerprint density at radius 3 is 2.10 bits per heavy atom. The van der Waals surface area contributed by atoms with Gasteiger partial charge in [0.15, 0.2) is 0 Å². The summed E-state index contributed by atoms with van der Waals surface area (Å²) in [5.74, 6) is 0.291. The van der Waals surface area contributed by atoms with Gasteiger partial charge in [0.25, 0.3) is 0 Å². The average Bonchev–Trinajstić information content (AvgIpc) is 2.82. The van der Waals surface area contributed by atoms with Gasteiger partial charge in [-0.05, 0) is 51.6 Å². The van der Waals surface area contributed by atoms with Gasteiger partial charge in [0.1, 0.15) is 0 Å². The van der Waals surface area contributed by atoms with Crippen molar-refractivity contribution in [1.29, 1.82) is 0 Å². The molecule has 0 radical (unpaired) electrons. The quantitative estimate of drug-likeness (QED) is 0.602. The minimum absolute atomic E-state index is 0.0191. The molecule has 3 rings (SSSR count). The minimum atomic E-state index is -0.269. The van der Waals surface area contributed by atoms with E-state index in [9.17, 15) is 9.59 Å². The van der Waals surface area contributed by atoms with E-state index in [0.717, 1.165) is 64.8 Å². The van der Waals surface area contributed by atoms with Crippen LogP contribution in [0, 0.1) is 5.41 Å². The number of hydrogen-bond donors (Lipinski definition) is 3. The molecule has 3 heterocycles. The van der Waals surface area contributed by atoms with E-state index < -0.39 is 0 Å². The molecule has 6 nitrogen and oxygen atoms in total. The molecule has 0 aromatic carbocycles. The van der Waals surface area contributed by atoms with Crippen LogP contribution in [-0.2, 0) is 4.79 Å². The number of nitrogens with zero attached hydrogens (tertiary/aromatic N) is 1. The van der Waals surface area contributed by atoms with Crippen LogP contribution in [0.15, 0.2) is 0 Å². The zero-order valence-electron chi connectivity index (χ0n) is 12.1. The molecule has 3 aliphatic rings. The first kappa shape index (κ1) is 15.1. The van der Waals surface area contributed by atoms with E-state index in [1.165, 1.54) is 6.42 Å². The lowest BCUT2D eigenvalue weighted by Crippen LogP contribution is -2.41. The van der Waals surface area contributed by atoms with Gasteiger partial charge in [0, 0.05) is 19.6 Å². The first-order chi connectivity index (χ1) is 9.64. The predicted molar refractivity (Wildman–Crippen MR) is 77.2 cm³/mol. The molecule has 0 aromatic heterocycles. The van der Waals surface area contributed by atoms with E-state index in [1.54, 1.807) is 4.90 Å². The van der Waals surface area contributed by atoms with Gasteiger partial charge >= 0.3 is 6.03 Å². The van der Waals surface area contributed by atoms with Crippen molar-refractivity contribution in [3.8, 4) is 0 Å².